The molecule has 0 bridgehead atoms. The topological polar surface area (TPSA) is 17.8 Å². The normalized spacial score (nSPS) is 13.6. The number of fused-ring (bicyclic) bond motifs is 5. The van der Waals surface area contributed by atoms with Gasteiger partial charge in [0.05, 0.1) is 16.7 Å². The number of benzene rings is 3. The minimum atomic E-state index is 0.120. The molecule has 2 aromatic heterocycles. The Kier molecular flexibility index (Phi) is 5.22. The molecule has 0 radical (unpaired) electrons. The van der Waals surface area contributed by atoms with Crippen LogP contribution in [0.3, 0.4) is 0 Å². The van der Waals surface area contributed by atoms with Gasteiger partial charge in [-0.3, -0.25) is 4.98 Å². The summed E-state index contributed by atoms with van der Waals surface area (Å²) >= 11 is 0. The largest absolute Gasteiger partial charge is 0.309 e. The molecule has 0 saturated carbocycles. The summed E-state index contributed by atoms with van der Waals surface area (Å²) in [6, 6.07) is 24.9. The van der Waals surface area contributed by atoms with Crippen LogP contribution in [0.25, 0.3) is 44.3 Å². The summed E-state index contributed by atoms with van der Waals surface area (Å²) in [5.41, 5.74) is 12.8. The summed E-state index contributed by atoms with van der Waals surface area (Å²) < 4.78 is 2.48. The third kappa shape index (κ3) is 3.60. The Labute approximate surface area is 213 Å². The van der Waals surface area contributed by atoms with Crippen molar-refractivity contribution in [3.05, 3.63) is 113 Å². The van der Waals surface area contributed by atoms with E-state index in [2.05, 4.69) is 117 Å². The standard InChI is InChI=1S/C34H32N2/c1-6-7-9-22(2)23-16-17-35-30(20-23)24-12-14-31-26(18-24)19-25-10-8-11-28-29-21-27(34(3,4)5)13-15-32(29)36(31)33(25)28/h6-18,20-21H,19H2,1-5H3/b7-6-,22-9+. The molecule has 0 spiro atoms. The van der Waals surface area contributed by atoms with Crippen LogP contribution in [0.5, 0.6) is 0 Å². The average Bonchev–Trinajstić information content (AvgIpc) is 3.22. The first kappa shape index (κ1) is 22.5. The molecular weight excluding hydrogens is 436 g/mol. The van der Waals surface area contributed by atoms with Crippen molar-refractivity contribution in [2.75, 3.05) is 0 Å². The van der Waals surface area contributed by atoms with Crippen molar-refractivity contribution in [1.29, 1.82) is 0 Å². The van der Waals surface area contributed by atoms with Crippen LogP contribution in [0.15, 0.2) is 91.2 Å². The second-order valence-electron chi connectivity index (χ2n) is 11.0. The third-order valence-electron chi connectivity index (χ3n) is 7.49. The van der Waals surface area contributed by atoms with Crippen LogP contribution >= 0.6 is 0 Å². The lowest BCUT2D eigenvalue weighted by Gasteiger charge is -2.22. The fraction of sp³-hybridized carbons (Fsp3) is 0.206. The van der Waals surface area contributed by atoms with E-state index in [9.17, 15) is 0 Å². The zero-order valence-corrected chi connectivity index (χ0v) is 21.8. The van der Waals surface area contributed by atoms with Crippen molar-refractivity contribution in [3.8, 4) is 16.9 Å². The molecule has 0 amide bonds. The fourth-order valence-electron chi connectivity index (χ4n) is 5.48. The minimum absolute atomic E-state index is 0.120. The molecule has 3 heterocycles. The molecule has 0 aliphatic carbocycles. The molecule has 0 N–H and O–H groups in total. The van der Waals surface area contributed by atoms with E-state index in [1.807, 2.05) is 13.1 Å². The maximum atomic E-state index is 4.72. The molecule has 36 heavy (non-hydrogen) atoms. The first-order valence-corrected chi connectivity index (χ1v) is 12.8. The molecule has 6 rings (SSSR count). The van der Waals surface area contributed by atoms with Crippen LogP contribution < -0.4 is 0 Å². The summed E-state index contributed by atoms with van der Waals surface area (Å²) in [6.07, 6.45) is 9.14. The van der Waals surface area contributed by atoms with Crippen LogP contribution in [-0.4, -0.2) is 9.55 Å². The molecule has 0 saturated heterocycles. The van der Waals surface area contributed by atoms with Crippen molar-refractivity contribution >= 4 is 27.4 Å². The van der Waals surface area contributed by atoms with Gasteiger partial charge in [-0.15, -0.1) is 0 Å². The minimum Gasteiger partial charge on any atom is -0.309 e. The van der Waals surface area contributed by atoms with Crippen molar-refractivity contribution < 1.29 is 0 Å². The molecule has 178 valence electrons. The lowest BCUT2D eigenvalue weighted by Crippen LogP contribution is -2.11. The van der Waals surface area contributed by atoms with E-state index in [4.69, 9.17) is 4.98 Å². The van der Waals surface area contributed by atoms with Gasteiger partial charge in [0.15, 0.2) is 0 Å². The van der Waals surface area contributed by atoms with Crippen LogP contribution in [0.2, 0.25) is 0 Å². The first-order chi connectivity index (χ1) is 17.3. The second kappa shape index (κ2) is 8.34. The second-order valence-corrected chi connectivity index (χ2v) is 11.0. The number of pyridine rings is 1. The highest BCUT2D eigenvalue weighted by atomic mass is 15.0. The highest BCUT2D eigenvalue weighted by Gasteiger charge is 2.24. The van der Waals surface area contributed by atoms with E-state index in [-0.39, 0.29) is 5.41 Å². The van der Waals surface area contributed by atoms with Crippen LogP contribution in [0.4, 0.5) is 0 Å². The Bertz CT molecular complexity index is 1700. The zero-order chi connectivity index (χ0) is 25.0. The maximum Gasteiger partial charge on any atom is 0.0708 e. The van der Waals surface area contributed by atoms with Crippen LogP contribution in [0, 0.1) is 0 Å². The third-order valence-corrected chi connectivity index (χ3v) is 7.49. The number of allylic oxidation sites excluding steroid dienone is 4. The maximum absolute atomic E-state index is 4.72. The number of para-hydroxylation sites is 1. The number of hydrogen-bond acceptors (Lipinski definition) is 1. The molecule has 0 fully saturated rings. The monoisotopic (exact) mass is 468 g/mol. The Morgan fingerprint density at radius 3 is 2.58 bits per heavy atom. The fourth-order valence-corrected chi connectivity index (χ4v) is 5.48. The quantitative estimate of drug-likeness (QED) is 0.237. The number of hydrogen-bond donors (Lipinski definition) is 0. The summed E-state index contributed by atoms with van der Waals surface area (Å²) in [7, 11) is 0. The van der Waals surface area contributed by atoms with Gasteiger partial charge < -0.3 is 4.57 Å². The SMILES string of the molecule is C/C=C\C=C(/C)c1ccnc(-c2ccc3c(c2)Cc2cccc4c5cc(C(C)(C)C)ccc5n-3c24)c1. The lowest BCUT2D eigenvalue weighted by molar-refractivity contribution is 0.591. The average molecular weight is 469 g/mol. The van der Waals surface area contributed by atoms with Crippen molar-refractivity contribution in [2.24, 2.45) is 0 Å². The molecule has 1 aliphatic rings. The van der Waals surface area contributed by atoms with Crippen molar-refractivity contribution in [1.82, 2.24) is 9.55 Å². The molecule has 2 heteroatoms. The first-order valence-electron chi connectivity index (χ1n) is 12.8. The van der Waals surface area contributed by atoms with Gasteiger partial charge in [-0.1, -0.05) is 69.3 Å². The van der Waals surface area contributed by atoms with Gasteiger partial charge in [0.25, 0.3) is 0 Å². The molecular formula is C34H32N2. The van der Waals surface area contributed by atoms with Gasteiger partial charge in [-0.05, 0) is 83.5 Å². The highest BCUT2D eigenvalue weighted by Crippen LogP contribution is 2.41. The Morgan fingerprint density at radius 1 is 0.917 bits per heavy atom. The van der Waals surface area contributed by atoms with E-state index in [0.29, 0.717) is 0 Å². The van der Waals surface area contributed by atoms with Gasteiger partial charge in [-0.25, -0.2) is 0 Å². The Balaban J connectivity index is 1.51. The summed E-state index contributed by atoms with van der Waals surface area (Å²) in [4.78, 5) is 4.72. The van der Waals surface area contributed by atoms with Crippen molar-refractivity contribution in [3.63, 3.8) is 0 Å². The van der Waals surface area contributed by atoms with E-state index < -0.39 is 0 Å². The lowest BCUT2D eigenvalue weighted by atomic mass is 9.86. The predicted octanol–water partition coefficient (Wildman–Crippen LogP) is 9.03. The molecule has 0 atom stereocenters. The number of nitrogens with zero attached hydrogens (tertiary/aromatic N) is 2. The summed E-state index contributed by atoms with van der Waals surface area (Å²) in [5.74, 6) is 0. The molecule has 2 nitrogen and oxygen atoms in total. The van der Waals surface area contributed by atoms with Crippen LogP contribution in [-0.2, 0) is 11.8 Å². The van der Waals surface area contributed by atoms with Gasteiger partial charge in [0.1, 0.15) is 0 Å². The molecule has 0 unspecified atom stereocenters. The van der Waals surface area contributed by atoms with E-state index in [1.165, 1.54) is 55.3 Å². The van der Waals surface area contributed by atoms with Gasteiger partial charge in [0.2, 0.25) is 0 Å². The predicted molar refractivity (Wildman–Crippen MR) is 154 cm³/mol. The Hall–Kier alpha value is -3.91. The summed E-state index contributed by atoms with van der Waals surface area (Å²) in [6.45, 7) is 11.0. The van der Waals surface area contributed by atoms with Crippen molar-refractivity contribution in [2.45, 2.75) is 46.5 Å². The molecule has 1 aliphatic heterocycles. The van der Waals surface area contributed by atoms with E-state index in [0.717, 1.165) is 17.7 Å². The molecule has 5 aromatic rings. The smallest absolute Gasteiger partial charge is 0.0708 e. The van der Waals surface area contributed by atoms with Gasteiger partial charge >= 0.3 is 0 Å². The van der Waals surface area contributed by atoms with E-state index >= 15 is 0 Å². The summed E-state index contributed by atoms with van der Waals surface area (Å²) in [5, 5.41) is 2.69. The van der Waals surface area contributed by atoms with Crippen LogP contribution in [0.1, 0.15) is 56.9 Å². The number of aromatic nitrogens is 2. The Morgan fingerprint density at radius 2 is 1.78 bits per heavy atom. The van der Waals surface area contributed by atoms with Gasteiger partial charge in [-0.2, -0.15) is 0 Å². The zero-order valence-electron chi connectivity index (χ0n) is 21.8. The number of rotatable bonds is 3. The highest BCUT2D eigenvalue weighted by molar-refractivity contribution is 6.11. The molecule has 3 aromatic carbocycles. The van der Waals surface area contributed by atoms with E-state index in [1.54, 1.807) is 0 Å². The van der Waals surface area contributed by atoms with Gasteiger partial charge in [0, 0.05) is 34.6 Å².